The summed E-state index contributed by atoms with van der Waals surface area (Å²) in [5.74, 6) is -0.103. The fourth-order valence-electron chi connectivity index (χ4n) is 4.50. The molecule has 0 aliphatic heterocycles. The largest absolute Gasteiger partial charge is 0.348 e. The van der Waals surface area contributed by atoms with Crippen molar-refractivity contribution in [3.8, 4) is 16.9 Å². The lowest BCUT2D eigenvalue weighted by atomic mass is 9.98. The van der Waals surface area contributed by atoms with Gasteiger partial charge in [-0.2, -0.15) is 0 Å². The fourth-order valence-corrected chi connectivity index (χ4v) is 4.70. The van der Waals surface area contributed by atoms with E-state index in [1.807, 2.05) is 54.6 Å². The number of halogens is 1. The first-order chi connectivity index (χ1) is 15.7. The number of carbonyl (C=O) groups excluding carboxylic acids is 1. The summed E-state index contributed by atoms with van der Waals surface area (Å²) in [7, 11) is 0. The summed E-state index contributed by atoms with van der Waals surface area (Å²) in [6, 6.07) is 28.3. The van der Waals surface area contributed by atoms with Crippen LogP contribution in [0.25, 0.3) is 16.9 Å². The van der Waals surface area contributed by atoms with Crippen LogP contribution in [-0.2, 0) is 19.4 Å². The van der Waals surface area contributed by atoms with Crippen LogP contribution in [-0.4, -0.2) is 10.5 Å². The summed E-state index contributed by atoms with van der Waals surface area (Å²) in [4.78, 5) is 12.7. The van der Waals surface area contributed by atoms with Crippen LogP contribution in [0, 0.1) is 0 Å². The Morgan fingerprint density at radius 2 is 1.59 bits per heavy atom. The highest BCUT2D eigenvalue weighted by molar-refractivity contribution is 6.31. The Balaban J connectivity index is 1.42. The Kier molecular flexibility index (Phi) is 5.83. The molecule has 1 aliphatic carbocycles. The van der Waals surface area contributed by atoms with E-state index < -0.39 is 0 Å². The molecule has 0 spiro atoms. The van der Waals surface area contributed by atoms with Gasteiger partial charge in [-0.15, -0.1) is 0 Å². The van der Waals surface area contributed by atoms with Crippen molar-refractivity contribution in [3.05, 3.63) is 112 Å². The number of hydrogen-bond donors (Lipinski definition) is 1. The molecule has 0 radical (unpaired) electrons. The minimum Gasteiger partial charge on any atom is -0.348 e. The summed E-state index contributed by atoms with van der Waals surface area (Å²) in [6.07, 6.45) is 4.68. The van der Waals surface area contributed by atoms with E-state index in [1.165, 1.54) is 35.4 Å². The molecule has 1 aromatic heterocycles. The maximum atomic E-state index is 12.7. The minimum absolute atomic E-state index is 0.103. The van der Waals surface area contributed by atoms with E-state index in [1.54, 1.807) is 0 Å². The molecule has 0 bridgehead atoms. The van der Waals surface area contributed by atoms with Gasteiger partial charge < -0.3 is 9.88 Å². The maximum Gasteiger partial charge on any atom is 0.251 e. The second-order valence-electron chi connectivity index (χ2n) is 8.23. The van der Waals surface area contributed by atoms with Gasteiger partial charge in [0.15, 0.2) is 0 Å². The van der Waals surface area contributed by atoms with Gasteiger partial charge in [-0.3, -0.25) is 4.79 Å². The number of hydrogen-bond acceptors (Lipinski definition) is 1. The highest BCUT2D eigenvalue weighted by atomic mass is 35.5. The predicted molar refractivity (Wildman–Crippen MR) is 130 cm³/mol. The lowest BCUT2D eigenvalue weighted by Crippen LogP contribution is -2.22. The number of nitrogens with zero attached hydrogens (tertiary/aromatic N) is 1. The molecule has 1 amide bonds. The second kappa shape index (κ2) is 9.05. The van der Waals surface area contributed by atoms with Crippen LogP contribution in [0.5, 0.6) is 0 Å². The Morgan fingerprint density at radius 3 is 2.38 bits per heavy atom. The predicted octanol–water partition coefficient (Wildman–Crippen LogP) is 6.61. The summed E-state index contributed by atoms with van der Waals surface area (Å²) in [5.41, 5.74) is 7.91. The van der Waals surface area contributed by atoms with E-state index in [0.717, 1.165) is 24.1 Å². The summed E-state index contributed by atoms with van der Waals surface area (Å²) >= 11 is 6.20. The highest BCUT2D eigenvalue weighted by Gasteiger charge is 2.20. The molecule has 1 N–H and O–H groups in total. The van der Waals surface area contributed by atoms with Crippen molar-refractivity contribution in [1.29, 1.82) is 0 Å². The number of nitrogens with one attached hydrogen (secondary N) is 1. The van der Waals surface area contributed by atoms with E-state index in [0.29, 0.717) is 17.1 Å². The van der Waals surface area contributed by atoms with Crippen molar-refractivity contribution in [3.63, 3.8) is 0 Å². The lowest BCUT2D eigenvalue weighted by Gasteiger charge is -2.18. The number of fused-ring (bicyclic) bond motifs is 1. The van der Waals surface area contributed by atoms with Crippen LogP contribution in [0.3, 0.4) is 0 Å². The molecular formula is C28H25ClN2O. The topological polar surface area (TPSA) is 34.0 Å². The third kappa shape index (κ3) is 4.09. The van der Waals surface area contributed by atoms with E-state index in [9.17, 15) is 4.79 Å². The lowest BCUT2D eigenvalue weighted by molar-refractivity contribution is 0.0951. The fraction of sp³-hybridized carbons (Fsp3) is 0.179. The molecule has 0 fully saturated rings. The van der Waals surface area contributed by atoms with Crippen molar-refractivity contribution >= 4 is 17.5 Å². The zero-order valence-electron chi connectivity index (χ0n) is 17.9. The van der Waals surface area contributed by atoms with Crippen LogP contribution >= 0.6 is 11.6 Å². The SMILES string of the molecule is O=C(NCc1ccccc1Cl)c1ccc(-n2c(-c3ccccc3)cc3c2CCCC3)cc1. The van der Waals surface area contributed by atoms with Crippen LogP contribution in [0.1, 0.15) is 40.0 Å². The zero-order chi connectivity index (χ0) is 21.9. The van der Waals surface area contributed by atoms with Crippen molar-refractivity contribution < 1.29 is 4.79 Å². The third-order valence-corrected chi connectivity index (χ3v) is 6.53. The number of aromatic nitrogens is 1. The van der Waals surface area contributed by atoms with Gasteiger partial charge in [-0.05, 0) is 78.8 Å². The first-order valence-electron chi connectivity index (χ1n) is 11.1. The molecule has 1 aliphatic rings. The molecule has 0 unspecified atom stereocenters. The molecule has 4 aromatic rings. The van der Waals surface area contributed by atoms with Gasteiger partial charge >= 0.3 is 0 Å². The average Bonchev–Trinajstić information content (AvgIpc) is 3.24. The number of aryl methyl sites for hydroxylation is 1. The summed E-state index contributed by atoms with van der Waals surface area (Å²) < 4.78 is 2.37. The monoisotopic (exact) mass is 440 g/mol. The smallest absolute Gasteiger partial charge is 0.251 e. The number of amides is 1. The van der Waals surface area contributed by atoms with Gasteiger partial charge in [-0.25, -0.2) is 0 Å². The van der Waals surface area contributed by atoms with Gasteiger partial charge in [0.25, 0.3) is 5.91 Å². The molecular weight excluding hydrogens is 416 g/mol. The van der Waals surface area contributed by atoms with Gasteiger partial charge in [0.05, 0.1) is 5.69 Å². The molecule has 160 valence electrons. The van der Waals surface area contributed by atoms with Gasteiger partial charge in [-0.1, -0.05) is 60.1 Å². The van der Waals surface area contributed by atoms with Crippen molar-refractivity contribution in [2.24, 2.45) is 0 Å². The Hall–Kier alpha value is -3.30. The van der Waals surface area contributed by atoms with Crippen LogP contribution in [0.15, 0.2) is 84.9 Å². The molecule has 0 atom stereocenters. The molecule has 0 saturated carbocycles. The van der Waals surface area contributed by atoms with E-state index in [-0.39, 0.29) is 5.91 Å². The van der Waals surface area contributed by atoms with Gasteiger partial charge in [0.1, 0.15) is 0 Å². The standard InChI is InChI=1S/C28H25ClN2O/c29-25-12-6-4-11-23(25)19-30-28(32)21-14-16-24(17-15-21)31-26-13-7-5-10-22(26)18-27(31)20-8-2-1-3-9-20/h1-4,6,8-9,11-12,14-18H,5,7,10,13,19H2,(H,30,32). The zero-order valence-corrected chi connectivity index (χ0v) is 18.6. The molecule has 1 heterocycles. The summed E-state index contributed by atoms with van der Waals surface area (Å²) in [6.45, 7) is 0.406. The molecule has 3 nitrogen and oxygen atoms in total. The number of rotatable bonds is 5. The first-order valence-corrected chi connectivity index (χ1v) is 11.5. The van der Waals surface area contributed by atoms with Gasteiger partial charge in [0.2, 0.25) is 0 Å². The van der Waals surface area contributed by atoms with E-state index in [4.69, 9.17) is 11.6 Å². The Morgan fingerprint density at radius 1 is 0.875 bits per heavy atom. The van der Waals surface area contributed by atoms with Crippen molar-refractivity contribution in [2.75, 3.05) is 0 Å². The van der Waals surface area contributed by atoms with Crippen molar-refractivity contribution in [1.82, 2.24) is 9.88 Å². The van der Waals surface area contributed by atoms with Crippen LogP contribution < -0.4 is 5.32 Å². The summed E-state index contributed by atoms with van der Waals surface area (Å²) in [5, 5.41) is 3.63. The normalized spacial score (nSPS) is 12.9. The number of benzene rings is 3. The van der Waals surface area contributed by atoms with Gasteiger partial charge in [0, 0.05) is 28.5 Å². The highest BCUT2D eigenvalue weighted by Crippen LogP contribution is 2.34. The van der Waals surface area contributed by atoms with Crippen LogP contribution in [0.2, 0.25) is 5.02 Å². The molecule has 32 heavy (non-hydrogen) atoms. The Labute approximate surface area is 193 Å². The first kappa shape index (κ1) is 20.6. The molecule has 5 rings (SSSR count). The minimum atomic E-state index is -0.103. The Bertz CT molecular complexity index is 1240. The molecule has 0 saturated heterocycles. The third-order valence-electron chi connectivity index (χ3n) is 6.16. The molecule has 4 heteroatoms. The van der Waals surface area contributed by atoms with Crippen LogP contribution in [0.4, 0.5) is 0 Å². The quantitative estimate of drug-likeness (QED) is 0.372. The maximum absolute atomic E-state index is 12.7. The molecule has 3 aromatic carbocycles. The number of carbonyl (C=O) groups is 1. The van der Waals surface area contributed by atoms with E-state index in [2.05, 4.69) is 40.2 Å². The second-order valence-corrected chi connectivity index (χ2v) is 8.64. The van der Waals surface area contributed by atoms with Crippen molar-refractivity contribution in [2.45, 2.75) is 32.2 Å². The average molecular weight is 441 g/mol. The van der Waals surface area contributed by atoms with E-state index >= 15 is 0 Å².